The second kappa shape index (κ2) is 6.00. The number of nitrogens with one attached hydrogen (secondary N) is 2. The van der Waals surface area contributed by atoms with Crippen LogP contribution in [0.4, 0.5) is 5.82 Å². The fraction of sp³-hybridized carbons (Fsp3) is 0.692. The predicted octanol–water partition coefficient (Wildman–Crippen LogP) is 2.43. The molecule has 0 aromatic carbocycles. The van der Waals surface area contributed by atoms with E-state index in [9.17, 15) is 4.79 Å². The van der Waals surface area contributed by atoms with Crippen molar-refractivity contribution in [3.8, 4) is 0 Å². The maximum atomic E-state index is 11.8. The number of carbonyl (C=O) groups is 1. The summed E-state index contributed by atoms with van der Waals surface area (Å²) in [7, 11) is 0. The number of H-pyrrole nitrogens is 1. The van der Waals surface area contributed by atoms with Gasteiger partial charge in [-0.05, 0) is 25.2 Å². The van der Waals surface area contributed by atoms with Crippen molar-refractivity contribution in [1.82, 2.24) is 10.2 Å². The average molecular weight is 251 g/mol. The van der Waals surface area contributed by atoms with E-state index >= 15 is 0 Å². The van der Waals surface area contributed by atoms with Gasteiger partial charge in [-0.3, -0.25) is 9.89 Å². The van der Waals surface area contributed by atoms with Crippen molar-refractivity contribution >= 4 is 11.7 Å². The predicted molar refractivity (Wildman–Crippen MR) is 69.5 cm³/mol. The molecule has 2 atom stereocenters. The van der Waals surface area contributed by atoms with Gasteiger partial charge in [0.05, 0.1) is 0 Å². The molecule has 1 amide bonds. The van der Waals surface area contributed by atoms with Crippen LogP contribution in [-0.2, 0) is 9.53 Å². The summed E-state index contributed by atoms with van der Waals surface area (Å²) in [5.74, 6) is 0.943. The van der Waals surface area contributed by atoms with Gasteiger partial charge in [-0.15, -0.1) is 0 Å². The van der Waals surface area contributed by atoms with Gasteiger partial charge >= 0.3 is 0 Å². The van der Waals surface area contributed by atoms with Gasteiger partial charge in [-0.25, -0.2) is 0 Å². The molecule has 18 heavy (non-hydrogen) atoms. The zero-order chi connectivity index (χ0) is 13.0. The molecule has 0 spiro atoms. The molecule has 0 radical (unpaired) electrons. The van der Waals surface area contributed by atoms with Crippen LogP contribution in [0.1, 0.15) is 51.1 Å². The van der Waals surface area contributed by atoms with Crippen molar-refractivity contribution in [2.75, 3.05) is 11.9 Å². The zero-order valence-electron chi connectivity index (χ0n) is 11.0. The van der Waals surface area contributed by atoms with E-state index in [1.807, 2.05) is 6.07 Å². The SMILES string of the molecule is CCC[C@H](C)c1cc(NC(=O)[C@H]2CCCO2)n[nH]1. The lowest BCUT2D eigenvalue weighted by atomic mass is 10.0. The second-order valence-corrected chi connectivity index (χ2v) is 4.89. The third kappa shape index (κ3) is 3.10. The van der Waals surface area contributed by atoms with E-state index in [1.165, 1.54) is 0 Å². The first kappa shape index (κ1) is 13.1. The highest BCUT2D eigenvalue weighted by Gasteiger charge is 2.24. The van der Waals surface area contributed by atoms with E-state index in [1.54, 1.807) is 0 Å². The quantitative estimate of drug-likeness (QED) is 0.844. The first-order valence-electron chi connectivity index (χ1n) is 6.68. The third-order valence-corrected chi connectivity index (χ3v) is 3.32. The van der Waals surface area contributed by atoms with Gasteiger partial charge in [-0.1, -0.05) is 20.3 Å². The highest BCUT2D eigenvalue weighted by atomic mass is 16.5. The smallest absolute Gasteiger partial charge is 0.254 e. The topological polar surface area (TPSA) is 67.0 Å². The van der Waals surface area contributed by atoms with Gasteiger partial charge in [0.25, 0.3) is 5.91 Å². The number of amides is 1. The largest absolute Gasteiger partial charge is 0.368 e. The molecule has 2 rings (SSSR count). The number of hydrogen-bond acceptors (Lipinski definition) is 3. The number of anilines is 1. The van der Waals surface area contributed by atoms with Crippen molar-refractivity contribution in [2.45, 2.75) is 51.6 Å². The Kier molecular flexibility index (Phi) is 4.36. The first-order valence-corrected chi connectivity index (χ1v) is 6.68. The van der Waals surface area contributed by atoms with Crippen LogP contribution in [0.15, 0.2) is 6.07 Å². The van der Waals surface area contributed by atoms with Crippen LogP contribution in [0.3, 0.4) is 0 Å². The van der Waals surface area contributed by atoms with Crippen molar-refractivity contribution in [2.24, 2.45) is 0 Å². The van der Waals surface area contributed by atoms with E-state index in [-0.39, 0.29) is 12.0 Å². The molecule has 0 aliphatic carbocycles. The molecule has 5 heteroatoms. The van der Waals surface area contributed by atoms with E-state index < -0.39 is 0 Å². The molecular weight excluding hydrogens is 230 g/mol. The minimum Gasteiger partial charge on any atom is -0.368 e. The first-order chi connectivity index (χ1) is 8.70. The van der Waals surface area contributed by atoms with Crippen LogP contribution in [0.2, 0.25) is 0 Å². The molecule has 0 saturated carbocycles. The molecule has 1 aromatic rings. The monoisotopic (exact) mass is 251 g/mol. The Balaban J connectivity index is 1.91. The van der Waals surface area contributed by atoms with Crippen molar-refractivity contribution in [1.29, 1.82) is 0 Å². The molecule has 1 aliphatic heterocycles. The normalized spacial score (nSPS) is 20.9. The number of nitrogens with zero attached hydrogens (tertiary/aromatic N) is 1. The molecule has 0 bridgehead atoms. The van der Waals surface area contributed by atoms with E-state index in [0.29, 0.717) is 18.3 Å². The Morgan fingerprint density at radius 3 is 3.22 bits per heavy atom. The van der Waals surface area contributed by atoms with Crippen LogP contribution in [0, 0.1) is 0 Å². The van der Waals surface area contributed by atoms with E-state index in [2.05, 4.69) is 29.4 Å². The van der Waals surface area contributed by atoms with Gasteiger partial charge in [-0.2, -0.15) is 5.10 Å². The van der Waals surface area contributed by atoms with Crippen molar-refractivity contribution < 1.29 is 9.53 Å². The molecule has 100 valence electrons. The van der Waals surface area contributed by atoms with E-state index in [4.69, 9.17) is 4.74 Å². The number of aromatic nitrogens is 2. The van der Waals surface area contributed by atoms with E-state index in [0.717, 1.165) is 31.4 Å². The lowest BCUT2D eigenvalue weighted by molar-refractivity contribution is -0.124. The fourth-order valence-electron chi connectivity index (χ4n) is 2.23. The zero-order valence-corrected chi connectivity index (χ0v) is 11.0. The molecule has 2 heterocycles. The summed E-state index contributed by atoms with van der Waals surface area (Å²) in [6, 6.07) is 1.91. The summed E-state index contributed by atoms with van der Waals surface area (Å²) in [5.41, 5.74) is 1.07. The second-order valence-electron chi connectivity index (χ2n) is 4.89. The lowest BCUT2D eigenvalue weighted by Crippen LogP contribution is -2.26. The van der Waals surface area contributed by atoms with Gasteiger partial charge in [0, 0.05) is 18.4 Å². The van der Waals surface area contributed by atoms with Gasteiger partial charge in [0.15, 0.2) is 5.82 Å². The van der Waals surface area contributed by atoms with Crippen LogP contribution >= 0.6 is 0 Å². The summed E-state index contributed by atoms with van der Waals surface area (Å²) in [6.07, 6.45) is 3.70. The third-order valence-electron chi connectivity index (χ3n) is 3.32. The van der Waals surface area contributed by atoms with Crippen LogP contribution in [0.5, 0.6) is 0 Å². The minimum absolute atomic E-state index is 0.0892. The Morgan fingerprint density at radius 2 is 2.56 bits per heavy atom. The lowest BCUT2D eigenvalue weighted by Gasteiger charge is -2.08. The fourth-order valence-corrected chi connectivity index (χ4v) is 2.23. The summed E-state index contributed by atoms with van der Waals surface area (Å²) in [5, 5.41) is 9.89. The molecule has 1 aromatic heterocycles. The number of carbonyl (C=O) groups excluding carboxylic acids is 1. The summed E-state index contributed by atoms with van der Waals surface area (Å²) in [6.45, 7) is 4.99. The van der Waals surface area contributed by atoms with Crippen LogP contribution in [-0.4, -0.2) is 28.8 Å². The summed E-state index contributed by atoms with van der Waals surface area (Å²) in [4.78, 5) is 11.8. The number of aromatic amines is 1. The molecule has 1 saturated heterocycles. The standard InChI is InChI=1S/C13H21N3O2/c1-3-5-9(2)10-8-12(16-15-10)14-13(17)11-6-4-7-18-11/h8-9,11H,3-7H2,1-2H3,(H2,14,15,16,17)/t9-,11+/m0/s1. The number of ether oxygens (including phenoxy) is 1. The molecule has 5 nitrogen and oxygen atoms in total. The summed E-state index contributed by atoms with van der Waals surface area (Å²) >= 11 is 0. The van der Waals surface area contributed by atoms with Gasteiger partial charge in [0.1, 0.15) is 6.10 Å². The highest BCUT2D eigenvalue weighted by Crippen LogP contribution is 2.21. The Morgan fingerprint density at radius 1 is 1.72 bits per heavy atom. The van der Waals surface area contributed by atoms with Crippen LogP contribution in [0.25, 0.3) is 0 Å². The highest BCUT2D eigenvalue weighted by molar-refractivity contribution is 5.93. The average Bonchev–Trinajstić information content (AvgIpc) is 2.99. The Bertz CT molecular complexity index is 397. The number of hydrogen-bond donors (Lipinski definition) is 2. The molecule has 1 fully saturated rings. The van der Waals surface area contributed by atoms with Crippen molar-refractivity contribution in [3.63, 3.8) is 0 Å². The minimum atomic E-state index is -0.307. The maximum absolute atomic E-state index is 11.8. The Labute approximate surface area is 107 Å². The molecular formula is C13H21N3O2. The maximum Gasteiger partial charge on any atom is 0.254 e. The van der Waals surface area contributed by atoms with Crippen molar-refractivity contribution in [3.05, 3.63) is 11.8 Å². The van der Waals surface area contributed by atoms with Crippen LogP contribution < -0.4 is 5.32 Å². The summed E-state index contributed by atoms with van der Waals surface area (Å²) < 4.78 is 5.33. The Hall–Kier alpha value is -1.36. The molecule has 1 aliphatic rings. The van der Waals surface area contributed by atoms with Gasteiger partial charge < -0.3 is 10.1 Å². The van der Waals surface area contributed by atoms with Gasteiger partial charge in [0.2, 0.25) is 0 Å². The molecule has 2 N–H and O–H groups in total. The molecule has 0 unspecified atom stereocenters. The number of rotatable bonds is 5.